The van der Waals surface area contributed by atoms with E-state index >= 15 is 0 Å². The molecule has 2 nitrogen and oxygen atoms in total. The highest BCUT2D eigenvalue weighted by Gasteiger charge is 1.82. The van der Waals surface area contributed by atoms with Gasteiger partial charge in [-0.05, 0) is 6.92 Å². The molecule has 0 heterocycles. The van der Waals surface area contributed by atoms with Crippen LogP contribution in [0.3, 0.4) is 0 Å². The molecule has 0 aromatic carbocycles. The summed E-state index contributed by atoms with van der Waals surface area (Å²) < 4.78 is 0.904. The molecule has 0 N–H and O–H groups in total. The van der Waals surface area contributed by atoms with E-state index in [0.717, 1.165) is 4.48 Å². The van der Waals surface area contributed by atoms with Gasteiger partial charge in [0.15, 0.2) is 0 Å². The number of rotatable bonds is 2. The van der Waals surface area contributed by atoms with Gasteiger partial charge in [-0.25, -0.2) is 9.79 Å². The topological polar surface area (TPSA) is 29.4 Å². The SMILES string of the molecule is C/C=C(\Br)CN=C=O. The molecule has 0 saturated carbocycles. The van der Waals surface area contributed by atoms with Crippen molar-refractivity contribution in [2.24, 2.45) is 4.99 Å². The number of aliphatic imine (C=N–C) groups is 1. The van der Waals surface area contributed by atoms with Crippen LogP contribution in [-0.2, 0) is 4.79 Å². The first-order chi connectivity index (χ1) is 3.81. The molecule has 0 aliphatic heterocycles. The van der Waals surface area contributed by atoms with E-state index in [-0.39, 0.29) is 0 Å². The largest absolute Gasteiger partial charge is 0.235 e. The minimum absolute atomic E-state index is 0.403. The third-order valence-electron chi connectivity index (χ3n) is 0.608. The fourth-order valence-electron chi connectivity index (χ4n) is 0.199. The molecule has 0 fully saturated rings. The van der Waals surface area contributed by atoms with Crippen LogP contribution < -0.4 is 0 Å². The summed E-state index contributed by atoms with van der Waals surface area (Å²) in [5, 5.41) is 0. The van der Waals surface area contributed by atoms with E-state index in [2.05, 4.69) is 20.9 Å². The number of allylic oxidation sites excluding steroid dienone is 1. The maximum absolute atomic E-state index is 9.49. The highest BCUT2D eigenvalue weighted by molar-refractivity contribution is 9.11. The molecule has 0 radical (unpaired) electrons. The van der Waals surface area contributed by atoms with Crippen molar-refractivity contribution < 1.29 is 4.79 Å². The van der Waals surface area contributed by atoms with Gasteiger partial charge in [-0.3, -0.25) is 0 Å². The number of nitrogens with zero attached hydrogens (tertiary/aromatic N) is 1. The second-order valence-electron chi connectivity index (χ2n) is 1.14. The fourth-order valence-corrected chi connectivity index (χ4v) is 0.324. The Labute approximate surface area is 56.4 Å². The zero-order valence-corrected chi connectivity index (χ0v) is 6.10. The van der Waals surface area contributed by atoms with E-state index in [9.17, 15) is 4.79 Å². The first-order valence-corrected chi connectivity index (χ1v) is 2.95. The van der Waals surface area contributed by atoms with Crippen LogP contribution in [0, 0.1) is 0 Å². The number of halogens is 1. The maximum Gasteiger partial charge on any atom is 0.235 e. The van der Waals surface area contributed by atoms with E-state index in [4.69, 9.17) is 0 Å². The summed E-state index contributed by atoms with van der Waals surface area (Å²) in [7, 11) is 0. The van der Waals surface area contributed by atoms with Crippen molar-refractivity contribution in [3.8, 4) is 0 Å². The third kappa shape index (κ3) is 3.78. The molecule has 0 aliphatic rings. The summed E-state index contributed by atoms with van der Waals surface area (Å²) in [6.07, 6.45) is 3.27. The number of hydrogen-bond acceptors (Lipinski definition) is 2. The van der Waals surface area contributed by atoms with Crippen molar-refractivity contribution in [1.29, 1.82) is 0 Å². The fraction of sp³-hybridized carbons (Fsp3) is 0.400. The molecule has 0 atom stereocenters. The molecular weight excluding hydrogens is 170 g/mol. The number of carbonyl (C=O) groups excluding carboxylic acids is 1. The Morgan fingerprint density at radius 2 is 2.62 bits per heavy atom. The van der Waals surface area contributed by atoms with Crippen molar-refractivity contribution in [3.63, 3.8) is 0 Å². The van der Waals surface area contributed by atoms with Crippen LogP contribution >= 0.6 is 15.9 Å². The lowest BCUT2D eigenvalue weighted by Crippen LogP contribution is -1.74. The van der Waals surface area contributed by atoms with Gasteiger partial charge in [-0.15, -0.1) is 0 Å². The average Bonchev–Trinajstić information content (AvgIpc) is 1.83. The van der Waals surface area contributed by atoms with Crippen LogP contribution in [0.15, 0.2) is 15.6 Å². The van der Waals surface area contributed by atoms with Gasteiger partial charge in [0.1, 0.15) is 0 Å². The van der Waals surface area contributed by atoms with Crippen LogP contribution in [0.25, 0.3) is 0 Å². The molecule has 0 unspecified atom stereocenters. The van der Waals surface area contributed by atoms with Gasteiger partial charge in [-0.2, -0.15) is 0 Å². The van der Waals surface area contributed by atoms with Crippen LogP contribution in [0.2, 0.25) is 0 Å². The lowest BCUT2D eigenvalue weighted by molar-refractivity contribution is 0.564. The predicted octanol–water partition coefficient (Wildman–Crippen LogP) is 1.62. The monoisotopic (exact) mass is 175 g/mol. The molecule has 0 saturated heterocycles. The van der Waals surface area contributed by atoms with Crippen LogP contribution in [0.5, 0.6) is 0 Å². The van der Waals surface area contributed by atoms with Crippen molar-refractivity contribution in [2.75, 3.05) is 6.54 Å². The standard InChI is InChI=1S/C5H6BrNO/c1-2-5(6)3-7-4-8/h2H,3H2,1H3/b5-2-. The molecule has 0 bridgehead atoms. The van der Waals surface area contributed by atoms with Crippen molar-refractivity contribution >= 4 is 22.0 Å². The molecule has 0 aromatic heterocycles. The summed E-state index contributed by atoms with van der Waals surface area (Å²) in [5.74, 6) is 0. The van der Waals surface area contributed by atoms with E-state index < -0.39 is 0 Å². The smallest absolute Gasteiger partial charge is 0.211 e. The highest BCUT2D eigenvalue weighted by Crippen LogP contribution is 2.02. The first-order valence-electron chi connectivity index (χ1n) is 2.15. The summed E-state index contributed by atoms with van der Waals surface area (Å²) in [6.45, 7) is 2.27. The van der Waals surface area contributed by atoms with Gasteiger partial charge in [0.2, 0.25) is 6.08 Å². The molecule has 44 valence electrons. The Morgan fingerprint density at radius 1 is 2.00 bits per heavy atom. The normalized spacial score (nSPS) is 10.5. The van der Waals surface area contributed by atoms with Crippen LogP contribution in [0.1, 0.15) is 6.92 Å². The summed E-state index contributed by atoms with van der Waals surface area (Å²) in [6, 6.07) is 0. The van der Waals surface area contributed by atoms with Crippen molar-refractivity contribution in [3.05, 3.63) is 10.6 Å². The van der Waals surface area contributed by atoms with E-state index in [0.29, 0.717) is 6.54 Å². The lowest BCUT2D eigenvalue weighted by atomic mass is 10.5. The number of hydrogen-bond donors (Lipinski definition) is 0. The highest BCUT2D eigenvalue weighted by atomic mass is 79.9. The number of isocyanates is 1. The van der Waals surface area contributed by atoms with Crippen molar-refractivity contribution in [2.45, 2.75) is 6.92 Å². The summed E-state index contributed by atoms with van der Waals surface area (Å²) in [5.41, 5.74) is 0. The van der Waals surface area contributed by atoms with Gasteiger partial charge in [-0.1, -0.05) is 22.0 Å². The Hall–Kier alpha value is -0.400. The minimum atomic E-state index is 0.403. The zero-order chi connectivity index (χ0) is 6.41. The summed E-state index contributed by atoms with van der Waals surface area (Å²) >= 11 is 3.17. The van der Waals surface area contributed by atoms with Crippen LogP contribution in [0.4, 0.5) is 0 Å². The minimum Gasteiger partial charge on any atom is -0.211 e. The second kappa shape index (κ2) is 4.75. The molecule has 0 aromatic rings. The van der Waals surface area contributed by atoms with Gasteiger partial charge in [0.05, 0.1) is 6.54 Å². The van der Waals surface area contributed by atoms with Gasteiger partial charge in [0.25, 0.3) is 0 Å². The molecule has 0 spiro atoms. The Kier molecular flexibility index (Phi) is 4.51. The van der Waals surface area contributed by atoms with Crippen molar-refractivity contribution in [1.82, 2.24) is 0 Å². The molecule has 0 rings (SSSR count). The molecule has 0 amide bonds. The van der Waals surface area contributed by atoms with E-state index in [1.54, 1.807) is 0 Å². The van der Waals surface area contributed by atoms with Crippen LogP contribution in [-0.4, -0.2) is 12.6 Å². The quantitative estimate of drug-likeness (QED) is 0.464. The average molecular weight is 176 g/mol. The molecule has 8 heavy (non-hydrogen) atoms. The molecule has 3 heteroatoms. The first kappa shape index (κ1) is 7.60. The Balaban J connectivity index is 3.55. The maximum atomic E-state index is 9.49. The Bertz CT molecular complexity index is 135. The second-order valence-corrected chi connectivity index (χ2v) is 2.16. The van der Waals surface area contributed by atoms with Gasteiger partial charge in [0, 0.05) is 4.48 Å². The van der Waals surface area contributed by atoms with Gasteiger partial charge < -0.3 is 0 Å². The summed E-state index contributed by atoms with van der Waals surface area (Å²) in [4.78, 5) is 12.8. The molecular formula is C5H6BrNO. The zero-order valence-electron chi connectivity index (χ0n) is 4.52. The van der Waals surface area contributed by atoms with Gasteiger partial charge >= 0.3 is 0 Å². The van der Waals surface area contributed by atoms with E-state index in [1.165, 1.54) is 6.08 Å². The Morgan fingerprint density at radius 3 is 3.00 bits per heavy atom. The predicted molar refractivity (Wildman–Crippen MR) is 35.7 cm³/mol. The molecule has 0 aliphatic carbocycles. The third-order valence-corrected chi connectivity index (χ3v) is 1.32. The lowest BCUT2D eigenvalue weighted by Gasteiger charge is -1.83. The van der Waals surface area contributed by atoms with E-state index in [1.807, 2.05) is 13.0 Å².